The smallest absolute Gasteiger partial charge is 0.122 e. The van der Waals surface area contributed by atoms with Crippen LogP contribution in [0.5, 0.6) is 5.75 Å². The number of benzene rings is 1. The molecule has 2 nitrogen and oxygen atoms in total. The largest absolute Gasteiger partial charge is 0.496 e. The fourth-order valence-corrected chi connectivity index (χ4v) is 2.69. The van der Waals surface area contributed by atoms with Crippen LogP contribution in [-0.2, 0) is 0 Å². The first kappa shape index (κ1) is 17.0. The number of aryl methyl sites for hydroxylation is 2. The average Bonchev–Trinajstić information content (AvgIpc) is 2.45. The Labute approximate surface area is 124 Å². The van der Waals surface area contributed by atoms with Gasteiger partial charge >= 0.3 is 0 Å². The maximum Gasteiger partial charge on any atom is 0.122 e. The molecular weight excluding hydrogens is 246 g/mol. The lowest BCUT2D eigenvalue weighted by molar-refractivity contribution is 0.410. The monoisotopic (exact) mass is 277 g/mol. The molecule has 1 rings (SSSR count). The summed E-state index contributed by atoms with van der Waals surface area (Å²) in [5.74, 6) is 0.994. The van der Waals surface area contributed by atoms with E-state index in [9.17, 15) is 0 Å². The molecule has 0 aliphatic rings. The van der Waals surface area contributed by atoms with E-state index in [1.165, 1.54) is 48.8 Å². The van der Waals surface area contributed by atoms with Gasteiger partial charge in [0.15, 0.2) is 0 Å². The summed E-state index contributed by atoms with van der Waals surface area (Å²) in [6, 6.07) is 4.95. The predicted molar refractivity (Wildman–Crippen MR) is 87.6 cm³/mol. The molecule has 114 valence electrons. The van der Waals surface area contributed by atoms with Crippen LogP contribution in [0.25, 0.3) is 0 Å². The highest BCUT2D eigenvalue weighted by Gasteiger charge is 2.14. The standard InChI is InChI=1S/C18H31NO/c1-6-8-9-10-17(19-11-7-2)16-12-15(4)18(20-5)13-14(16)3/h12-13,17,19H,6-11H2,1-5H3. The number of hydrogen-bond acceptors (Lipinski definition) is 2. The second-order valence-corrected chi connectivity index (χ2v) is 5.68. The van der Waals surface area contributed by atoms with Crippen molar-refractivity contribution >= 4 is 0 Å². The molecule has 0 fully saturated rings. The van der Waals surface area contributed by atoms with E-state index in [2.05, 4.69) is 45.1 Å². The van der Waals surface area contributed by atoms with Crippen molar-refractivity contribution in [1.82, 2.24) is 5.32 Å². The fraction of sp³-hybridized carbons (Fsp3) is 0.667. The van der Waals surface area contributed by atoms with Crippen LogP contribution in [0.1, 0.15) is 68.7 Å². The Morgan fingerprint density at radius 2 is 1.80 bits per heavy atom. The Morgan fingerprint density at radius 1 is 1.05 bits per heavy atom. The zero-order chi connectivity index (χ0) is 15.0. The van der Waals surface area contributed by atoms with Gasteiger partial charge in [-0.05, 0) is 56.0 Å². The molecule has 0 saturated heterocycles. The highest BCUT2D eigenvalue weighted by atomic mass is 16.5. The van der Waals surface area contributed by atoms with Gasteiger partial charge in [0.2, 0.25) is 0 Å². The van der Waals surface area contributed by atoms with Gasteiger partial charge in [-0.1, -0.05) is 39.2 Å². The Morgan fingerprint density at radius 3 is 2.40 bits per heavy atom. The van der Waals surface area contributed by atoms with Crippen molar-refractivity contribution in [2.24, 2.45) is 0 Å². The van der Waals surface area contributed by atoms with E-state index < -0.39 is 0 Å². The molecule has 1 aromatic carbocycles. The van der Waals surface area contributed by atoms with Crippen molar-refractivity contribution in [3.05, 3.63) is 28.8 Å². The number of unbranched alkanes of at least 4 members (excludes halogenated alkanes) is 2. The highest BCUT2D eigenvalue weighted by Crippen LogP contribution is 2.29. The van der Waals surface area contributed by atoms with Gasteiger partial charge in [-0.2, -0.15) is 0 Å². The number of hydrogen-bond donors (Lipinski definition) is 1. The Balaban J connectivity index is 2.90. The van der Waals surface area contributed by atoms with Crippen molar-refractivity contribution in [3.8, 4) is 5.75 Å². The van der Waals surface area contributed by atoms with Crippen molar-refractivity contribution in [1.29, 1.82) is 0 Å². The molecule has 0 amide bonds. The maximum absolute atomic E-state index is 5.42. The molecular formula is C18H31NO. The second-order valence-electron chi connectivity index (χ2n) is 5.68. The zero-order valence-electron chi connectivity index (χ0n) is 13.9. The van der Waals surface area contributed by atoms with Crippen LogP contribution in [-0.4, -0.2) is 13.7 Å². The van der Waals surface area contributed by atoms with Gasteiger partial charge in [-0.3, -0.25) is 0 Å². The van der Waals surface area contributed by atoms with Crippen LogP contribution >= 0.6 is 0 Å². The van der Waals surface area contributed by atoms with Crippen LogP contribution in [0.4, 0.5) is 0 Å². The summed E-state index contributed by atoms with van der Waals surface area (Å²) < 4.78 is 5.42. The molecule has 0 saturated carbocycles. The van der Waals surface area contributed by atoms with Crippen LogP contribution < -0.4 is 10.1 Å². The van der Waals surface area contributed by atoms with E-state index in [0.717, 1.165) is 12.3 Å². The molecule has 0 aliphatic heterocycles. The molecule has 1 atom stereocenters. The van der Waals surface area contributed by atoms with Crippen LogP contribution in [0.3, 0.4) is 0 Å². The first-order chi connectivity index (χ1) is 9.63. The van der Waals surface area contributed by atoms with Gasteiger partial charge < -0.3 is 10.1 Å². The molecule has 0 aliphatic carbocycles. The fourth-order valence-electron chi connectivity index (χ4n) is 2.69. The van der Waals surface area contributed by atoms with E-state index in [1.54, 1.807) is 7.11 Å². The summed E-state index contributed by atoms with van der Waals surface area (Å²) in [7, 11) is 1.75. The topological polar surface area (TPSA) is 21.3 Å². The van der Waals surface area contributed by atoms with E-state index in [0.29, 0.717) is 6.04 Å². The molecule has 1 N–H and O–H groups in total. The van der Waals surface area contributed by atoms with E-state index in [4.69, 9.17) is 4.74 Å². The lowest BCUT2D eigenvalue weighted by atomic mass is 9.94. The van der Waals surface area contributed by atoms with Crippen molar-refractivity contribution in [2.75, 3.05) is 13.7 Å². The number of nitrogens with one attached hydrogen (secondary N) is 1. The van der Waals surface area contributed by atoms with Gasteiger partial charge in [0.05, 0.1) is 7.11 Å². The van der Waals surface area contributed by atoms with Crippen LogP contribution in [0.15, 0.2) is 12.1 Å². The summed E-state index contributed by atoms with van der Waals surface area (Å²) in [6.07, 6.45) is 6.29. The third-order valence-electron chi connectivity index (χ3n) is 3.90. The van der Waals surface area contributed by atoms with Crippen LogP contribution in [0, 0.1) is 13.8 Å². The molecule has 0 bridgehead atoms. The third kappa shape index (κ3) is 4.82. The van der Waals surface area contributed by atoms with Gasteiger partial charge in [-0.15, -0.1) is 0 Å². The SMILES string of the molecule is CCCCCC(NCCC)c1cc(C)c(OC)cc1C. The summed E-state index contributed by atoms with van der Waals surface area (Å²) in [4.78, 5) is 0. The Kier molecular flexibility index (Phi) is 7.68. The quantitative estimate of drug-likeness (QED) is 0.646. The Bertz CT molecular complexity index is 401. The normalized spacial score (nSPS) is 12.4. The predicted octanol–water partition coefficient (Wildman–Crippen LogP) is 4.93. The highest BCUT2D eigenvalue weighted by molar-refractivity contribution is 5.42. The van der Waals surface area contributed by atoms with Crippen molar-refractivity contribution in [3.63, 3.8) is 0 Å². The first-order valence-electron chi connectivity index (χ1n) is 8.02. The van der Waals surface area contributed by atoms with Crippen molar-refractivity contribution in [2.45, 2.75) is 65.8 Å². The van der Waals surface area contributed by atoms with Crippen molar-refractivity contribution < 1.29 is 4.74 Å². The van der Waals surface area contributed by atoms with E-state index in [1.807, 2.05) is 0 Å². The number of ether oxygens (including phenoxy) is 1. The average molecular weight is 277 g/mol. The molecule has 0 spiro atoms. The molecule has 1 aromatic rings. The van der Waals surface area contributed by atoms with E-state index in [-0.39, 0.29) is 0 Å². The number of rotatable bonds is 9. The van der Waals surface area contributed by atoms with Gasteiger partial charge in [-0.25, -0.2) is 0 Å². The lowest BCUT2D eigenvalue weighted by Crippen LogP contribution is -2.23. The third-order valence-corrected chi connectivity index (χ3v) is 3.90. The molecule has 0 heterocycles. The van der Waals surface area contributed by atoms with Gasteiger partial charge in [0.1, 0.15) is 5.75 Å². The summed E-state index contributed by atoms with van der Waals surface area (Å²) >= 11 is 0. The van der Waals surface area contributed by atoms with Crippen LogP contribution in [0.2, 0.25) is 0 Å². The summed E-state index contributed by atoms with van der Waals surface area (Å²) in [5.41, 5.74) is 4.00. The first-order valence-corrected chi connectivity index (χ1v) is 8.02. The van der Waals surface area contributed by atoms with Gasteiger partial charge in [0.25, 0.3) is 0 Å². The second kappa shape index (κ2) is 9.02. The summed E-state index contributed by atoms with van der Waals surface area (Å²) in [5, 5.41) is 3.71. The molecule has 0 radical (unpaired) electrons. The minimum absolute atomic E-state index is 0.478. The molecule has 1 unspecified atom stereocenters. The zero-order valence-corrected chi connectivity index (χ0v) is 13.9. The molecule has 2 heteroatoms. The Hall–Kier alpha value is -1.02. The molecule has 20 heavy (non-hydrogen) atoms. The minimum atomic E-state index is 0.478. The maximum atomic E-state index is 5.42. The lowest BCUT2D eigenvalue weighted by Gasteiger charge is -2.22. The molecule has 0 aromatic heterocycles. The number of methoxy groups -OCH3 is 1. The summed E-state index contributed by atoms with van der Waals surface area (Å²) in [6.45, 7) is 9.89. The van der Waals surface area contributed by atoms with E-state index >= 15 is 0 Å². The van der Waals surface area contributed by atoms with Gasteiger partial charge in [0, 0.05) is 6.04 Å². The minimum Gasteiger partial charge on any atom is -0.496 e.